The molecule has 0 spiro atoms. The number of alkyl halides is 7. The number of carbonyl (C=O) groups is 2. The van der Waals surface area contributed by atoms with Crippen LogP contribution in [-0.4, -0.2) is 30.5 Å². The number of nitrogens with one attached hydrogen (secondary N) is 2. The van der Waals surface area contributed by atoms with Gasteiger partial charge in [-0.2, -0.15) is 26.3 Å². The van der Waals surface area contributed by atoms with E-state index in [-0.39, 0.29) is 18.5 Å². The molecule has 0 aromatic heterocycles. The molecule has 1 aromatic rings. The number of halogens is 7. The molecule has 0 saturated carbocycles. The maximum atomic E-state index is 14.1. The average Bonchev–Trinajstić information content (AvgIpc) is 2.44. The Hall–Kier alpha value is -2.53. The summed E-state index contributed by atoms with van der Waals surface area (Å²) in [4.78, 5) is 22.3. The van der Waals surface area contributed by atoms with Gasteiger partial charge in [0, 0.05) is 5.56 Å². The molecule has 0 aliphatic heterocycles. The van der Waals surface area contributed by atoms with Crippen molar-refractivity contribution in [1.82, 2.24) is 0 Å². The van der Waals surface area contributed by atoms with Crippen LogP contribution in [0.4, 0.5) is 46.9 Å². The van der Waals surface area contributed by atoms with Gasteiger partial charge in [0.1, 0.15) is 5.60 Å². The average molecular weight is 404 g/mol. The lowest BCUT2D eigenvalue weighted by atomic mass is 9.93. The number of hydrogen-bond acceptors (Lipinski definition) is 3. The van der Waals surface area contributed by atoms with Gasteiger partial charge in [0.05, 0.1) is 11.4 Å². The Balaban J connectivity index is 3.40. The molecule has 0 bridgehead atoms. The molecule has 0 fully saturated rings. The first-order valence-corrected chi connectivity index (χ1v) is 7.20. The van der Waals surface area contributed by atoms with Gasteiger partial charge in [-0.1, -0.05) is 6.07 Å². The zero-order valence-electron chi connectivity index (χ0n) is 14.2. The van der Waals surface area contributed by atoms with Crippen molar-refractivity contribution in [3.05, 3.63) is 23.8 Å². The zero-order chi connectivity index (χ0) is 21.3. The molecular weight excluding hydrogens is 389 g/mol. The monoisotopic (exact) mass is 404 g/mol. The molecule has 0 saturated heterocycles. The lowest BCUT2D eigenvalue weighted by Gasteiger charge is -2.30. The van der Waals surface area contributed by atoms with Crippen molar-refractivity contribution >= 4 is 23.9 Å². The molecule has 0 radical (unpaired) electrons. The Morgan fingerprint density at radius 3 is 1.89 bits per heavy atom. The van der Waals surface area contributed by atoms with Crippen LogP contribution in [0.1, 0.15) is 26.3 Å². The van der Waals surface area contributed by atoms with Crippen molar-refractivity contribution in [1.29, 1.82) is 0 Å². The molecule has 0 atom stereocenters. The molecule has 0 aliphatic carbocycles. The summed E-state index contributed by atoms with van der Waals surface area (Å²) >= 11 is 0. The van der Waals surface area contributed by atoms with Crippen LogP contribution in [-0.2, 0) is 15.2 Å². The highest BCUT2D eigenvalue weighted by atomic mass is 19.4. The zero-order valence-corrected chi connectivity index (χ0v) is 14.2. The highest BCUT2D eigenvalue weighted by Gasteiger charge is 2.73. The predicted octanol–water partition coefficient (Wildman–Crippen LogP) is 4.89. The van der Waals surface area contributed by atoms with Gasteiger partial charge in [-0.05, 0) is 32.9 Å². The van der Waals surface area contributed by atoms with E-state index < -0.39 is 46.7 Å². The van der Waals surface area contributed by atoms with Crippen molar-refractivity contribution in [2.75, 3.05) is 10.6 Å². The van der Waals surface area contributed by atoms with Crippen molar-refractivity contribution in [2.45, 2.75) is 44.4 Å². The lowest BCUT2D eigenvalue weighted by molar-refractivity contribution is -0.348. The quantitative estimate of drug-likeness (QED) is 0.555. The minimum absolute atomic E-state index is 0.0690. The molecule has 5 nitrogen and oxygen atoms in total. The fourth-order valence-electron chi connectivity index (χ4n) is 1.95. The molecule has 152 valence electrons. The van der Waals surface area contributed by atoms with Crippen LogP contribution < -0.4 is 10.6 Å². The van der Waals surface area contributed by atoms with E-state index in [0.29, 0.717) is 6.07 Å². The number of ether oxygens (including phenoxy) is 1. The molecule has 0 heterocycles. The van der Waals surface area contributed by atoms with E-state index in [1.807, 2.05) is 10.6 Å². The first-order chi connectivity index (χ1) is 12.0. The lowest BCUT2D eigenvalue weighted by Crippen LogP contribution is -2.50. The Kier molecular flexibility index (Phi) is 6.03. The SMILES string of the molecule is CC(C)(C)OC(=O)Nc1ccc(C(F)(C(F)(F)F)C(F)(F)F)cc1NC=O. The van der Waals surface area contributed by atoms with Crippen molar-refractivity contribution in [2.24, 2.45) is 0 Å². The second kappa shape index (κ2) is 7.24. The first kappa shape index (κ1) is 22.5. The molecule has 2 amide bonds. The summed E-state index contributed by atoms with van der Waals surface area (Å²) in [6.07, 6.45) is -13.8. The normalized spacial score (nSPS) is 13.1. The molecule has 27 heavy (non-hydrogen) atoms. The summed E-state index contributed by atoms with van der Waals surface area (Å²) in [5, 5.41) is 3.85. The van der Waals surface area contributed by atoms with Crippen molar-refractivity contribution < 1.29 is 45.1 Å². The Morgan fingerprint density at radius 2 is 1.48 bits per heavy atom. The van der Waals surface area contributed by atoms with Gasteiger partial charge in [0.2, 0.25) is 6.41 Å². The smallest absolute Gasteiger partial charge is 0.435 e. The van der Waals surface area contributed by atoms with E-state index in [0.717, 1.165) is 0 Å². The van der Waals surface area contributed by atoms with E-state index in [2.05, 4.69) is 0 Å². The Morgan fingerprint density at radius 1 is 0.963 bits per heavy atom. The van der Waals surface area contributed by atoms with Crippen LogP contribution in [0.3, 0.4) is 0 Å². The number of rotatable bonds is 4. The van der Waals surface area contributed by atoms with Gasteiger partial charge in [-0.25, -0.2) is 9.18 Å². The third kappa shape index (κ3) is 5.01. The summed E-state index contributed by atoms with van der Waals surface area (Å²) in [6, 6.07) is 0.905. The van der Waals surface area contributed by atoms with E-state index in [9.17, 15) is 40.3 Å². The van der Waals surface area contributed by atoms with Crippen LogP contribution >= 0.6 is 0 Å². The summed E-state index contributed by atoms with van der Waals surface area (Å²) in [5.74, 6) is 0. The number of amides is 2. The number of hydrogen-bond donors (Lipinski definition) is 2. The Bertz CT molecular complexity index is 695. The van der Waals surface area contributed by atoms with Crippen LogP contribution in [0.25, 0.3) is 0 Å². The van der Waals surface area contributed by atoms with Gasteiger partial charge in [0.25, 0.3) is 0 Å². The third-order valence-electron chi connectivity index (χ3n) is 3.05. The molecular formula is C15H15F7N2O3. The van der Waals surface area contributed by atoms with Crippen LogP contribution in [0.15, 0.2) is 18.2 Å². The fraction of sp³-hybridized carbons (Fsp3) is 0.467. The van der Waals surface area contributed by atoms with Crippen LogP contribution in [0, 0.1) is 0 Å². The largest absolute Gasteiger partial charge is 0.444 e. The van der Waals surface area contributed by atoms with Crippen molar-refractivity contribution in [3.8, 4) is 0 Å². The van der Waals surface area contributed by atoms with Crippen molar-refractivity contribution in [3.63, 3.8) is 0 Å². The second-order valence-corrected chi connectivity index (χ2v) is 6.30. The topological polar surface area (TPSA) is 67.4 Å². The fourth-order valence-corrected chi connectivity index (χ4v) is 1.95. The minimum atomic E-state index is -6.32. The molecule has 0 aliphatic rings. The summed E-state index contributed by atoms with van der Waals surface area (Å²) in [7, 11) is 0. The maximum absolute atomic E-state index is 14.1. The highest BCUT2D eigenvalue weighted by molar-refractivity contribution is 5.92. The van der Waals surface area contributed by atoms with Crippen LogP contribution in [0.5, 0.6) is 0 Å². The van der Waals surface area contributed by atoms with E-state index >= 15 is 0 Å². The molecule has 1 aromatic carbocycles. The molecule has 12 heteroatoms. The van der Waals surface area contributed by atoms with Gasteiger partial charge in [-0.3, -0.25) is 10.1 Å². The Labute approximate surface area is 148 Å². The first-order valence-electron chi connectivity index (χ1n) is 7.20. The highest BCUT2D eigenvalue weighted by Crippen LogP contribution is 2.53. The standard InChI is InChI=1S/C15H15F7N2O3/c1-12(2,3)27-11(26)24-9-5-4-8(6-10(9)23-7-25)13(16,14(17,18)19)15(20,21)22/h4-7H,1-3H3,(H,23,25)(H,24,26). The number of benzene rings is 1. The molecule has 2 N–H and O–H groups in total. The molecule has 0 unspecified atom stereocenters. The molecule has 1 rings (SSSR count). The van der Waals surface area contributed by atoms with E-state index in [1.165, 1.54) is 20.8 Å². The van der Waals surface area contributed by atoms with Crippen LogP contribution in [0.2, 0.25) is 0 Å². The van der Waals surface area contributed by atoms with E-state index in [1.54, 1.807) is 0 Å². The minimum Gasteiger partial charge on any atom is -0.444 e. The number of anilines is 2. The van der Waals surface area contributed by atoms with Gasteiger partial charge >= 0.3 is 24.1 Å². The van der Waals surface area contributed by atoms with Gasteiger partial charge < -0.3 is 10.1 Å². The predicted molar refractivity (Wildman–Crippen MR) is 80.9 cm³/mol. The maximum Gasteiger partial charge on any atom is 0.435 e. The van der Waals surface area contributed by atoms with Gasteiger partial charge in [-0.15, -0.1) is 0 Å². The second-order valence-electron chi connectivity index (χ2n) is 6.30. The number of carbonyl (C=O) groups excluding carboxylic acids is 2. The van der Waals surface area contributed by atoms with Gasteiger partial charge in [0.15, 0.2) is 0 Å². The summed E-state index contributed by atoms with van der Waals surface area (Å²) < 4.78 is 95.9. The summed E-state index contributed by atoms with van der Waals surface area (Å²) in [6.45, 7) is 4.51. The van der Waals surface area contributed by atoms with E-state index in [4.69, 9.17) is 4.74 Å². The summed E-state index contributed by atoms with van der Waals surface area (Å²) in [5.41, 5.74) is -9.54. The third-order valence-corrected chi connectivity index (χ3v) is 3.05.